The molecule has 0 aliphatic carbocycles. The Morgan fingerprint density at radius 2 is 0.571 bits per heavy atom. The van der Waals surface area contributed by atoms with Crippen LogP contribution in [0.5, 0.6) is 0 Å². The molecule has 0 aromatic heterocycles. The summed E-state index contributed by atoms with van der Waals surface area (Å²) in [5, 5.41) is 24.8. The third kappa shape index (κ3) is 2930. The van der Waals surface area contributed by atoms with E-state index in [2.05, 4.69) is 0 Å². The Kier molecular flexibility index (Phi) is 1460. The van der Waals surface area contributed by atoms with Crippen molar-refractivity contribution in [3.8, 4) is 0 Å². The van der Waals surface area contributed by atoms with E-state index in [9.17, 15) is 0 Å². The Bertz CT molecular complexity index is 54.8. The van der Waals surface area contributed by atoms with Crippen LogP contribution in [0.3, 0.4) is 0 Å². The average Bonchev–Trinajstić information content (AvgIpc) is 1.70. The fourth-order valence-electron chi connectivity index (χ4n) is 0. The van der Waals surface area contributed by atoms with Gasteiger partial charge in [0.25, 0.3) is 0 Å². The van der Waals surface area contributed by atoms with Crippen molar-refractivity contribution in [1.82, 2.24) is 0 Å². The summed E-state index contributed by atoms with van der Waals surface area (Å²) in [5.74, 6) is 0. The second-order valence-corrected chi connectivity index (χ2v) is 0.289. The molecular formula is C3H6Al2O9. The number of rotatable bonds is 0. The predicted octanol–water partition coefficient (Wildman–Crippen LogP) is -6.19. The van der Waals surface area contributed by atoms with Gasteiger partial charge in [-0.15, -0.1) is 0 Å². The van der Waals surface area contributed by atoms with Crippen LogP contribution < -0.4 is 15.3 Å². The van der Waals surface area contributed by atoms with Crippen LogP contribution in [0.15, 0.2) is 0 Å². The molecule has 0 fully saturated rings. The van der Waals surface area contributed by atoms with Gasteiger partial charge in [-0.3, -0.25) is 0 Å². The smallest absolute Gasteiger partial charge is 0.870 e. The molecule has 78 valence electrons. The van der Waals surface area contributed by atoms with E-state index < -0.39 is 19.4 Å². The van der Waals surface area contributed by atoms with Crippen LogP contribution in [0.2, 0.25) is 0 Å². The van der Waals surface area contributed by atoms with E-state index >= 15 is 0 Å². The quantitative estimate of drug-likeness (QED) is 0.290. The molecule has 0 bridgehead atoms. The Labute approximate surface area is 101 Å². The van der Waals surface area contributed by atoms with Crippen LogP contribution in [-0.4, -0.2) is 70.6 Å². The number of carbonyl (C=O) groups is 3. The molecule has 0 rings (SSSR count). The van der Waals surface area contributed by atoms with Crippen molar-refractivity contribution in [3.05, 3.63) is 0 Å². The minimum Gasteiger partial charge on any atom is -0.870 e. The van der Waals surface area contributed by atoms with Gasteiger partial charge >= 0.3 is 34.7 Å². The fraction of sp³-hybridized carbons (Fsp3) is 0. The summed E-state index contributed by atoms with van der Waals surface area (Å²) in [4.78, 5) is 24.8. The third-order valence-corrected chi connectivity index (χ3v) is 0. The molecule has 0 amide bonds. The average molecular weight is 240 g/mol. The Balaban J connectivity index is -0.00000000545. The molecule has 0 radical (unpaired) electrons. The largest absolute Gasteiger partial charge is 3.00 e. The summed E-state index contributed by atoms with van der Waals surface area (Å²) in [6.07, 6.45) is 0. The van der Waals surface area contributed by atoms with Crippen LogP contribution in [0.25, 0.3) is 0 Å². The molecule has 0 unspecified atom stereocenters. The van der Waals surface area contributed by atoms with Crippen molar-refractivity contribution in [2.24, 2.45) is 0 Å². The molecule has 0 saturated heterocycles. The van der Waals surface area contributed by atoms with E-state index in [0.29, 0.717) is 0 Å². The Morgan fingerprint density at radius 3 is 0.571 bits per heavy atom. The topological polar surface area (TPSA) is 210 Å². The molecule has 0 heterocycles. The van der Waals surface area contributed by atoms with Gasteiger partial charge in [-0.05, 0) is 0 Å². The first-order valence-corrected chi connectivity index (χ1v) is 1.41. The molecule has 0 spiro atoms. The van der Waals surface area contributed by atoms with Crippen LogP contribution in [-0.2, 0) is 14.4 Å². The summed E-state index contributed by atoms with van der Waals surface area (Å²) in [6.45, 7) is -1.50. The number of hydrogen-bond acceptors (Lipinski definition) is 9. The van der Waals surface area contributed by atoms with Gasteiger partial charge in [-0.25, -0.2) is 0 Å². The summed E-state index contributed by atoms with van der Waals surface area (Å²) in [5.41, 5.74) is 0. The molecule has 0 aliphatic rings. The van der Waals surface area contributed by atoms with Gasteiger partial charge in [0, 0.05) is 19.4 Å². The third-order valence-electron chi connectivity index (χ3n) is 0. The number of carboxylic acid groups (broad SMARTS) is 3. The van der Waals surface area contributed by atoms with Crippen molar-refractivity contribution in [3.63, 3.8) is 0 Å². The van der Waals surface area contributed by atoms with Crippen molar-refractivity contribution in [2.45, 2.75) is 0 Å². The maximum absolute atomic E-state index is 8.25. The molecule has 9 nitrogen and oxygen atoms in total. The standard InChI is InChI=1S/3CH2O2.2Al.3H2O/c3*2-1-3;;;;;/h3*1H,(H,2,3);;;3*1H2/q;;;2*+3;;;/p-6. The molecule has 0 aliphatic heterocycles. The van der Waals surface area contributed by atoms with Crippen molar-refractivity contribution in [1.29, 1.82) is 0 Å². The first-order valence-electron chi connectivity index (χ1n) is 1.41. The van der Waals surface area contributed by atoms with Gasteiger partial charge in [-0.2, -0.15) is 0 Å². The van der Waals surface area contributed by atoms with E-state index in [1.54, 1.807) is 0 Å². The van der Waals surface area contributed by atoms with Gasteiger partial charge < -0.3 is 46.1 Å². The van der Waals surface area contributed by atoms with Crippen LogP contribution in [0.4, 0.5) is 0 Å². The number of hydrogen-bond donors (Lipinski definition) is 0. The van der Waals surface area contributed by atoms with E-state index in [1.165, 1.54) is 0 Å². The second kappa shape index (κ2) is 287. The second-order valence-electron chi connectivity index (χ2n) is 0.289. The van der Waals surface area contributed by atoms with Crippen molar-refractivity contribution >= 4 is 54.1 Å². The summed E-state index contributed by atoms with van der Waals surface area (Å²) < 4.78 is 0. The molecule has 0 aromatic carbocycles. The van der Waals surface area contributed by atoms with Gasteiger partial charge in [0.05, 0.1) is 0 Å². The summed E-state index contributed by atoms with van der Waals surface area (Å²) >= 11 is 0. The van der Waals surface area contributed by atoms with Crippen LogP contribution in [0, 0.1) is 0 Å². The monoisotopic (exact) mass is 240 g/mol. The molecule has 0 saturated carbocycles. The zero-order chi connectivity index (χ0) is 8.12. The van der Waals surface area contributed by atoms with Crippen LogP contribution in [0.1, 0.15) is 0 Å². The summed E-state index contributed by atoms with van der Waals surface area (Å²) in [6, 6.07) is 0. The first kappa shape index (κ1) is 71.1. The zero-order valence-corrected chi connectivity index (χ0v) is 8.99. The molecule has 14 heavy (non-hydrogen) atoms. The Morgan fingerprint density at radius 1 is 0.571 bits per heavy atom. The fourth-order valence-corrected chi connectivity index (χ4v) is 0. The van der Waals surface area contributed by atoms with E-state index in [0.717, 1.165) is 0 Å². The van der Waals surface area contributed by atoms with E-state index in [-0.39, 0.29) is 51.2 Å². The summed E-state index contributed by atoms with van der Waals surface area (Å²) in [7, 11) is 0. The molecular weight excluding hydrogens is 234 g/mol. The molecule has 3 N–H and O–H groups in total. The maximum Gasteiger partial charge on any atom is 3.00 e. The van der Waals surface area contributed by atoms with Gasteiger partial charge in [-0.1, -0.05) is 0 Å². The molecule has 0 atom stereocenters. The van der Waals surface area contributed by atoms with Gasteiger partial charge in [0.2, 0.25) is 0 Å². The van der Waals surface area contributed by atoms with E-state index in [4.69, 9.17) is 29.7 Å². The predicted molar refractivity (Wildman–Crippen MR) is 35.5 cm³/mol. The van der Waals surface area contributed by atoms with Crippen LogP contribution >= 0.6 is 0 Å². The normalized spacial score (nSPS) is 2.57. The van der Waals surface area contributed by atoms with E-state index in [1.807, 2.05) is 0 Å². The minimum atomic E-state index is -0.500. The Hall–Kier alpha value is -0.645. The van der Waals surface area contributed by atoms with Gasteiger partial charge in [0.1, 0.15) is 0 Å². The maximum atomic E-state index is 8.25. The SMILES string of the molecule is O=C[O-].O=C[O-].O=C[O-].[Al+3].[Al+3].[OH-].[OH-].[OH-]. The molecule has 0 aromatic rings. The van der Waals surface area contributed by atoms with Crippen molar-refractivity contribution in [2.75, 3.05) is 0 Å². The zero-order valence-electron chi connectivity index (χ0n) is 6.68. The minimum absolute atomic E-state index is 0. The van der Waals surface area contributed by atoms with Gasteiger partial charge in [0.15, 0.2) is 0 Å². The first-order chi connectivity index (χ1) is 4.24. The molecule has 11 heteroatoms. The van der Waals surface area contributed by atoms with Crippen molar-refractivity contribution < 1.29 is 46.1 Å². The number of carbonyl (C=O) groups excluding carboxylic acids is 3.